The number of β-amino-alcohol motifs (C(OH)–C–C–N with tert-alkyl or cyclic N) is 1. The summed E-state index contributed by atoms with van der Waals surface area (Å²) in [5.74, 6) is 0.375. The van der Waals surface area contributed by atoms with E-state index in [0.29, 0.717) is 5.92 Å². The molecule has 3 nitrogen and oxygen atoms in total. The lowest BCUT2D eigenvalue weighted by atomic mass is 9.93. The Kier molecular flexibility index (Phi) is 6.03. The van der Waals surface area contributed by atoms with E-state index in [1.54, 1.807) is 0 Å². The summed E-state index contributed by atoms with van der Waals surface area (Å²) in [4.78, 5) is 2.27. The lowest BCUT2D eigenvalue weighted by Gasteiger charge is -2.35. The molecule has 0 aliphatic carbocycles. The summed E-state index contributed by atoms with van der Waals surface area (Å²) in [5, 5.41) is 19.4. The van der Waals surface area contributed by atoms with E-state index in [9.17, 15) is 10.2 Å². The molecule has 2 N–H and O–H groups in total. The van der Waals surface area contributed by atoms with Gasteiger partial charge in [0, 0.05) is 13.1 Å². The van der Waals surface area contributed by atoms with Crippen molar-refractivity contribution in [2.75, 3.05) is 19.6 Å². The zero-order valence-electron chi connectivity index (χ0n) is 10.3. The topological polar surface area (TPSA) is 43.7 Å². The highest BCUT2D eigenvalue weighted by molar-refractivity contribution is 4.78. The van der Waals surface area contributed by atoms with Crippen LogP contribution in [0.2, 0.25) is 0 Å². The van der Waals surface area contributed by atoms with E-state index in [1.807, 2.05) is 13.0 Å². The van der Waals surface area contributed by atoms with Crippen LogP contribution >= 0.6 is 0 Å². The third-order valence-corrected chi connectivity index (χ3v) is 3.40. The van der Waals surface area contributed by atoms with Gasteiger partial charge in [-0.05, 0) is 45.1 Å². The number of likely N-dealkylation sites (tertiary alicyclic amines) is 1. The van der Waals surface area contributed by atoms with Crippen LogP contribution in [0, 0.1) is 5.92 Å². The number of rotatable bonds is 6. The molecule has 1 rings (SSSR count). The first-order valence-electron chi connectivity index (χ1n) is 6.33. The van der Waals surface area contributed by atoms with E-state index in [1.165, 1.54) is 0 Å². The van der Waals surface area contributed by atoms with Gasteiger partial charge in [-0.1, -0.05) is 6.08 Å². The van der Waals surface area contributed by atoms with Crippen LogP contribution in [0.3, 0.4) is 0 Å². The van der Waals surface area contributed by atoms with Crippen LogP contribution in [-0.4, -0.2) is 47.0 Å². The first-order chi connectivity index (χ1) is 7.63. The number of allylic oxidation sites excluding steroid dienone is 1. The molecule has 0 amide bonds. The largest absolute Gasteiger partial charge is 0.393 e. The molecule has 0 aromatic heterocycles. The zero-order chi connectivity index (χ0) is 12.0. The fourth-order valence-corrected chi connectivity index (χ4v) is 2.35. The minimum Gasteiger partial charge on any atom is -0.393 e. The Hall–Kier alpha value is -0.380. The SMILES string of the molecule is C=CCC[C@@H](O)CN1CCC[C@@H]([C@H](C)O)C1. The molecule has 16 heavy (non-hydrogen) atoms. The maximum absolute atomic E-state index is 9.81. The van der Waals surface area contributed by atoms with Crippen molar-refractivity contribution in [1.82, 2.24) is 4.90 Å². The average Bonchev–Trinajstić information content (AvgIpc) is 2.26. The number of hydrogen-bond donors (Lipinski definition) is 2. The van der Waals surface area contributed by atoms with Gasteiger partial charge in [-0.25, -0.2) is 0 Å². The second-order valence-electron chi connectivity index (χ2n) is 4.92. The number of nitrogens with zero attached hydrogens (tertiary/aromatic N) is 1. The van der Waals surface area contributed by atoms with Crippen molar-refractivity contribution in [3.63, 3.8) is 0 Å². The molecule has 94 valence electrons. The molecule has 0 radical (unpaired) electrons. The molecule has 0 spiro atoms. The van der Waals surface area contributed by atoms with Crippen LogP contribution in [0.5, 0.6) is 0 Å². The first kappa shape index (κ1) is 13.7. The third-order valence-electron chi connectivity index (χ3n) is 3.40. The quantitative estimate of drug-likeness (QED) is 0.674. The molecular weight excluding hydrogens is 202 g/mol. The molecule has 0 aromatic rings. The summed E-state index contributed by atoms with van der Waals surface area (Å²) in [6.45, 7) is 8.22. The Morgan fingerprint density at radius 3 is 2.88 bits per heavy atom. The van der Waals surface area contributed by atoms with Crippen molar-refractivity contribution in [2.45, 2.75) is 44.8 Å². The second kappa shape index (κ2) is 7.05. The minimum atomic E-state index is -0.259. The highest BCUT2D eigenvalue weighted by Gasteiger charge is 2.24. The molecule has 1 saturated heterocycles. The van der Waals surface area contributed by atoms with Gasteiger partial charge in [-0.3, -0.25) is 0 Å². The van der Waals surface area contributed by atoms with Crippen LogP contribution in [0.4, 0.5) is 0 Å². The Morgan fingerprint density at radius 2 is 2.25 bits per heavy atom. The molecule has 0 unspecified atom stereocenters. The predicted octanol–water partition coefficient (Wildman–Crippen LogP) is 1.41. The molecule has 0 aromatic carbocycles. The molecular formula is C13H25NO2. The predicted molar refractivity (Wildman–Crippen MR) is 66.3 cm³/mol. The fourth-order valence-electron chi connectivity index (χ4n) is 2.35. The summed E-state index contributed by atoms with van der Waals surface area (Å²) in [6, 6.07) is 0. The zero-order valence-corrected chi connectivity index (χ0v) is 10.3. The standard InChI is InChI=1S/C13H25NO2/c1-3-4-7-13(16)10-14-8-5-6-12(9-14)11(2)15/h3,11-13,15-16H,1,4-10H2,2H3/t11-,12+,13+/m0/s1. The number of aliphatic hydroxyl groups excluding tert-OH is 2. The first-order valence-corrected chi connectivity index (χ1v) is 6.33. The van der Waals surface area contributed by atoms with Crippen molar-refractivity contribution in [1.29, 1.82) is 0 Å². The minimum absolute atomic E-state index is 0.229. The van der Waals surface area contributed by atoms with Crippen molar-refractivity contribution >= 4 is 0 Å². The second-order valence-corrected chi connectivity index (χ2v) is 4.92. The van der Waals surface area contributed by atoms with Gasteiger partial charge in [0.15, 0.2) is 0 Å². The molecule has 3 atom stereocenters. The van der Waals surface area contributed by atoms with Gasteiger partial charge in [-0.15, -0.1) is 6.58 Å². The monoisotopic (exact) mass is 227 g/mol. The van der Waals surface area contributed by atoms with Crippen LogP contribution in [0.25, 0.3) is 0 Å². The van der Waals surface area contributed by atoms with Gasteiger partial charge in [0.25, 0.3) is 0 Å². The van der Waals surface area contributed by atoms with Crippen molar-refractivity contribution in [3.05, 3.63) is 12.7 Å². The normalized spacial score (nSPS) is 26.3. The highest BCUT2D eigenvalue weighted by atomic mass is 16.3. The van der Waals surface area contributed by atoms with E-state index in [-0.39, 0.29) is 12.2 Å². The van der Waals surface area contributed by atoms with Gasteiger partial charge in [0.05, 0.1) is 12.2 Å². The van der Waals surface area contributed by atoms with E-state index >= 15 is 0 Å². The van der Waals surface area contributed by atoms with Crippen LogP contribution < -0.4 is 0 Å². The van der Waals surface area contributed by atoms with Crippen molar-refractivity contribution in [3.8, 4) is 0 Å². The lowest BCUT2D eigenvalue weighted by Crippen LogP contribution is -2.42. The van der Waals surface area contributed by atoms with Gasteiger partial charge < -0.3 is 15.1 Å². The fraction of sp³-hybridized carbons (Fsp3) is 0.846. The van der Waals surface area contributed by atoms with Crippen molar-refractivity contribution < 1.29 is 10.2 Å². The molecule has 1 aliphatic rings. The van der Waals surface area contributed by atoms with Gasteiger partial charge in [0.2, 0.25) is 0 Å². The Bertz CT molecular complexity index is 206. The molecule has 1 fully saturated rings. The summed E-state index contributed by atoms with van der Waals surface area (Å²) in [7, 11) is 0. The molecule has 3 heteroatoms. The maximum atomic E-state index is 9.81. The smallest absolute Gasteiger partial charge is 0.0670 e. The average molecular weight is 227 g/mol. The van der Waals surface area contributed by atoms with Crippen LogP contribution in [0.15, 0.2) is 12.7 Å². The Balaban J connectivity index is 2.28. The lowest BCUT2D eigenvalue weighted by molar-refractivity contribution is 0.0363. The van der Waals surface area contributed by atoms with Gasteiger partial charge in [0.1, 0.15) is 0 Å². The Labute approximate surface area is 98.8 Å². The van der Waals surface area contributed by atoms with E-state index in [4.69, 9.17) is 0 Å². The van der Waals surface area contributed by atoms with Gasteiger partial charge in [-0.2, -0.15) is 0 Å². The number of hydrogen-bond acceptors (Lipinski definition) is 3. The van der Waals surface area contributed by atoms with Crippen molar-refractivity contribution in [2.24, 2.45) is 5.92 Å². The van der Waals surface area contributed by atoms with E-state index in [0.717, 1.165) is 45.3 Å². The van der Waals surface area contributed by atoms with Crippen LogP contribution in [0.1, 0.15) is 32.6 Å². The molecule has 0 saturated carbocycles. The number of aliphatic hydroxyl groups is 2. The molecule has 1 aliphatic heterocycles. The number of piperidine rings is 1. The third kappa shape index (κ3) is 4.64. The van der Waals surface area contributed by atoms with E-state index < -0.39 is 0 Å². The highest BCUT2D eigenvalue weighted by Crippen LogP contribution is 2.20. The summed E-state index contributed by atoms with van der Waals surface area (Å²) < 4.78 is 0. The van der Waals surface area contributed by atoms with Crippen LogP contribution in [-0.2, 0) is 0 Å². The Morgan fingerprint density at radius 1 is 1.50 bits per heavy atom. The summed E-state index contributed by atoms with van der Waals surface area (Å²) >= 11 is 0. The maximum Gasteiger partial charge on any atom is 0.0670 e. The summed E-state index contributed by atoms with van der Waals surface area (Å²) in [5.41, 5.74) is 0. The van der Waals surface area contributed by atoms with Gasteiger partial charge >= 0.3 is 0 Å². The van der Waals surface area contributed by atoms with E-state index in [2.05, 4.69) is 11.5 Å². The molecule has 1 heterocycles. The summed E-state index contributed by atoms with van der Waals surface area (Å²) in [6.07, 6.45) is 5.26. The molecule has 0 bridgehead atoms.